The third-order valence-corrected chi connectivity index (χ3v) is 7.50. The lowest BCUT2D eigenvalue weighted by atomic mass is 9.95. The van der Waals surface area contributed by atoms with Crippen molar-refractivity contribution in [2.45, 2.75) is 57.4 Å². The summed E-state index contributed by atoms with van der Waals surface area (Å²) < 4.78 is 32.1. The summed E-state index contributed by atoms with van der Waals surface area (Å²) in [6.45, 7) is 1.23. The van der Waals surface area contributed by atoms with Crippen LogP contribution in [-0.2, 0) is 10.2 Å². The maximum atomic E-state index is 12.5. The Morgan fingerprint density at radius 3 is 2.52 bits per heavy atom. The van der Waals surface area contributed by atoms with E-state index < -0.39 is 16.2 Å². The van der Waals surface area contributed by atoms with Crippen LogP contribution in [0.25, 0.3) is 0 Å². The maximum Gasteiger partial charge on any atom is 0.329 e. The fourth-order valence-corrected chi connectivity index (χ4v) is 5.38. The molecule has 29 heavy (non-hydrogen) atoms. The van der Waals surface area contributed by atoms with E-state index in [1.807, 2.05) is 0 Å². The van der Waals surface area contributed by atoms with Crippen LogP contribution in [0.4, 0.5) is 4.79 Å². The average molecular weight is 445 g/mol. The summed E-state index contributed by atoms with van der Waals surface area (Å²) in [5.74, 6) is 0.0818. The van der Waals surface area contributed by atoms with Crippen molar-refractivity contribution in [3.63, 3.8) is 0 Å². The molecule has 1 aliphatic heterocycles. The van der Waals surface area contributed by atoms with Gasteiger partial charge in [-0.05, 0) is 49.6 Å². The van der Waals surface area contributed by atoms with E-state index in [1.54, 1.807) is 5.38 Å². The molecule has 2 aliphatic rings. The van der Waals surface area contributed by atoms with Gasteiger partial charge in [0, 0.05) is 31.1 Å². The van der Waals surface area contributed by atoms with Crippen LogP contribution in [0.5, 0.6) is 0 Å². The SMILES string of the molecule is O=C(NC1CCCCC1)NS(=O)(=O)N1CCC(CCNC(=O)c2csnn2)CC1. The second-order valence-corrected chi connectivity index (χ2v) is 9.87. The Labute approximate surface area is 175 Å². The molecule has 1 aromatic rings. The van der Waals surface area contributed by atoms with Crippen LogP contribution < -0.4 is 15.4 Å². The molecule has 12 heteroatoms. The highest BCUT2D eigenvalue weighted by molar-refractivity contribution is 7.87. The topological polar surface area (TPSA) is 133 Å². The number of rotatable bonds is 7. The standard InChI is InChI=1S/C17H28N6O4S2/c24-16(15-12-28-22-20-15)18-9-6-13-7-10-23(11-8-13)29(26,27)21-17(25)19-14-4-2-1-3-5-14/h12-14H,1-11H2,(H,18,24)(H2,19,21,25). The Morgan fingerprint density at radius 1 is 1.14 bits per heavy atom. The number of hydrogen-bond donors (Lipinski definition) is 3. The van der Waals surface area contributed by atoms with Crippen LogP contribution in [0.15, 0.2) is 5.38 Å². The summed E-state index contributed by atoms with van der Waals surface area (Å²) in [6, 6.07) is -0.585. The van der Waals surface area contributed by atoms with Crippen molar-refractivity contribution >= 4 is 33.7 Å². The molecular weight excluding hydrogens is 416 g/mol. The molecule has 3 N–H and O–H groups in total. The van der Waals surface area contributed by atoms with Gasteiger partial charge in [-0.3, -0.25) is 4.79 Å². The Bertz CT molecular complexity index is 772. The first-order valence-electron chi connectivity index (χ1n) is 10.1. The van der Waals surface area contributed by atoms with Crippen LogP contribution >= 0.6 is 11.5 Å². The molecule has 3 rings (SSSR count). The lowest BCUT2D eigenvalue weighted by molar-refractivity contribution is 0.0945. The van der Waals surface area contributed by atoms with Crippen LogP contribution in [0.1, 0.15) is 61.9 Å². The molecule has 1 saturated heterocycles. The van der Waals surface area contributed by atoms with E-state index in [0.717, 1.165) is 43.6 Å². The Kier molecular flexibility index (Phi) is 7.78. The van der Waals surface area contributed by atoms with E-state index in [1.165, 1.54) is 10.7 Å². The van der Waals surface area contributed by atoms with Crippen LogP contribution in [-0.4, -0.2) is 59.9 Å². The van der Waals surface area contributed by atoms with Gasteiger partial charge in [0.15, 0.2) is 5.69 Å². The second-order valence-electron chi connectivity index (χ2n) is 7.59. The average Bonchev–Trinajstić information content (AvgIpc) is 3.23. The molecule has 10 nitrogen and oxygen atoms in total. The smallest absolute Gasteiger partial charge is 0.329 e. The minimum absolute atomic E-state index is 0.0555. The highest BCUT2D eigenvalue weighted by Gasteiger charge is 2.30. The summed E-state index contributed by atoms with van der Waals surface area (Å²) in [4.78, 5) is 23.9. The first-order valence-corrected chi connectivity index (χ1v) is 12.4. The number of urea groups is 1. The van der Waals surface area contributed by atoms with E-state index >= 15 is 0 Å². The van der Waals surface area contributed by atoms with Crippen molar-refractivity contribution < 1.29 is 18.0 Å². The lowest BCUT2D eigenvalue weighted by Gasteiger charge is -2.31. The van der Waals surface area contributed by atoms with Crippen molar-refractivity contribution in [1.82, 2.24) is 29.2 Å². The van der Waals surface area contributed by atoms with Gasteiger partial charge in [-0.1, -0.05) is 23.8 Å². The summed E-state index contributed by atoms with van der Waals surface area (Å²) in [6.07, 6.45) is 7.24. The van der Waals surface area contributed by atoms with Crippen molar-refractivity contribution in [2.24, 2.45) is 5.92 Å². The van der Waals surface area contributed by atoms with Crippen LogP contribution in [0.3, 0.4) is 0 Å². The van der Waals surface area contributed by atoms with E-state index in [2.05, 4.69) is 24.9 Å². The van der Waals surface area contributed by atoms with Crippen molar-refractivity contribution in [3.8, 4) is 0 Å². The molecule has 0 aromatic carbocycles. The van der Waals surface area contributed by atoms with Crippen molar-refractivity contribution in [2.75, 3.05) is 19.6 Å². The predicted molar refractivity (Wildman–Crippen MR) is 109 cm³/mol. The fraction of sp³-hybridized carbons (Fsp3) is 0.765. The first-order chi connectivity index (χ1) is 13.9. The van der Waals surface area contributed by atoms with E-state index in [0.29, 0.717) is 44.1 Å². The van der Waals surface area contributed by atoms with E-state index in [-0.39, 0.29) is 11.9 Å². The molecule has 3 amide bonds. The van der Waals surface area contributed by atoms with E-state index in [4.69, 9.17) is 0 Å². The van der Waals surface area contributed by atoms with Crippen LogP contribution in [0, 0.1) is 5.92 Å². The van der Waals surface area contributed by atoms with Gasteiger partial charge in [-0.2, -0.15) is 12.7 Å². The maximum absolute atomic E-state index is 12.5. The Hall–Kier alpha value is -1.79. The van der Waals surface area contributed by atoms with Gasteiger partial charge in [0.25, 0.3) is 5.91 Å². The number of nitrogens with one attached hydrogen (secondary N) is 3. The van der Waals surface area contributed by atoms with Crippen molar-refractivity contribution in [1.29, 1.82) is 0 Å². The van der Waals surface area contributed by atoms with Gasteiger partial charge in [0.05, 0.1) is 0 Å². The van der Waals surface area contributed by atoms with Crippen molar-refractivity contribution in [3.05, 3.63) is 11.1 Å². The summed E-state index contributed by atoms with van der Waals surface area (Å²) >= 11 is 1.13. The van der Waals surface area contributed by atoms with Gasteiger partial charge >= 0.3 is 16.2 Å². The molecule has 1 saturated carbocycles. The quantitative estimate of drug-likeness (QED) is 0.579. The number of carbonyl (C=O) groups excluding carboxylic acids is 2. The third kappa shape index (κ3) is 6.61. The number of aromatic nitrogens is 2. The van der Waals surface area contributed by atoms with Crippen LogP contribution in [0.2, 0.25) is 0 Å². The molecule has 2 fully saturated rings. The molecule has 162 valence electrons. The molecule has 0 spiro atoms. The van der Waals surface area contributed by atoms with Gasteiger partial charge in [0.1, 0.15) is 0 Å². The zero-order valence-corrected chi connectivity index (χ0v) is 17.9. The Morgan fingerprint density at radius 2 is 1.86 bits per heavy atom. The molecular formula is C17H28N6O4S2. The Balaban J connectivity index is 1.36. The highest BCUT2D eigenvalue weighted by Crippen LogP contribution is 2.22. The molecule has 1 aromatic heterocycles. The molecule has 0 unspecified atom stereocenters. The number of carbonyl (C=O) groups is 2. The normalized spacial score (nSPS) is 19.6. The molecule has 0 bridgehead atoms. The minimum Gasteiger partial charge on any atom is -0.351 e. The number of hydrogen-bond acceptors (Lipinski definition) is 7. The van der Waals surface area contributed by atoms with Gasteiger partial charge in [-0.15, -0.1) is 5.10 Å². The number of piperidine rings is 1. The third-order valence-electron chi connectivity index (χ3n) is 5.51. The zero-order chi connectivity index (χ0) is 20.7. The summed E-state index contributed by atoms with van der Waals surface area (Å²) in [5.41, 5.74) is 0.313. The fourth-order valence-electron chi connectivity index (χ4n) is 3.83. The molecule has 2 heterocycles. The number of nitrogens with zero attached hydrogens (tertiary/aromatic N) is 3. The lowest BCUT2D eigenvalue weighted by Crippen LogP contribution is -2.51. The zero-order valence-electron chi connectivity index (χ0n) is 16.3. The summed E-state index contributed by atoms with van der Waals surface area (Å²) in [5, 5.41) is 10.9. The molecule has 0 radical (unpaired) electrons. The molecule has 0 atom stereocenters. The summed E-state index contributed by atoms with van der Waals surface area (Å²) in [7, 11) is -3.83. The van der Waals surface area contributed by atoms with E-state index in [9.17, 15) is 18.0 Å². The molecule has 1 aliphatic carbocycles. The number of amides is 3. The van der Waals surface area contributed by atoms with Gasteiger partial charge < -0.3 is 10.6 Å². The van der Waals surface area contributed by atoms with Gasteiger partial charge in [0.2, 0.25) is 0 Å². The largest absolute Gasteiger partial charge is 0.351 e. The van der Waals surface area contributed by atoms with Gasteiger partial charge in [-0.25, -0.2) is 9.52 Å². The minimum atomic E-state index is -3.83. The second kappa shape index (κ2) is 10.3. The monoisotopic (exact) mass is 444 g/mol. The highest BCUT2D eigenvalue weighted by atomic mass is 32.2. The predicted octanol–water partition coefficient (Wildman–Crippen LogP) is 1.25. The first kappa shape index (κ1) is 21.9.